The predicted molar refractivity (Wildman–Crippen MR) is 60.7 cm³/mol. The first-order valence-electron chi connectivity index (χ1n) is 5.93. The minimum absolute atomic E-state index is 0.0248. The lowest BCUT2D eigenvalue weighted by atomic mass is 9.73. The summed E-state index contributed by atoms with van der Waals surface area (Å²) in [6.45, 7) is 7.16. The summed E-state index contributed by atoms with van der Waals surface area (Å²) in [5, 5.41) is 3.08. The summed E-state index contributed by atoms with van der Waals surface area (Å²) in [7, 11) is 0. The lowest BCUT2D eigenvalue weighted by molar-refractivity contribution is -0.127. The molecule has 1 atom stereocenters. The Bertz CT molecular complexity index is 214. The van der Waals surface area contributed by atoms with Gasteiger partial charge in [0.15, 0.2) is 0 Å². The van der Waals surface area contributed by atoms with E-state index in [0.29, 0.717) is 12.6 Å². The SMILES string of the molecule is CCOCC(=O)NC1CCCCC1(C)C. The molecule has 1 unspecified atom stereocenters. The second kappa shape index (κ2) is 5.50. The third-order valence-corrected chi connectivity index (χ3v) is 3.28. The van der Waals surface area contributed by atoms with Crippen LogP contribution in [0.4, 0.5) is 0 Å². The van der Waals surface area contributed by atoms with Crippen molar-refractivity contribution in [3.63, 3.8) is 0 Å². The molecule has 0 aromatic carbocycles. The molecule has 0 saturated heterocycles. The summed E-state index contributed by atoms with van der Waals surface area (Å²) in [5.41, 5.74) is 0.236. The fraction of sp³-hybridized carbons (Fsp3) is 0.917. The van der Waals surface area contributed by atoms with E-state index in [-0.39, 0.29) is 17.9 Å². The molecule has 0 aromatic rings. The van der Waals surface area contributed by atoms with E-state index in [0.717, 1.165) is 6.42 Å². The van der Waals surface area contributed by atoms with Gasteiger partial charge in [-0.25, -0.2) is 0 Å². The lowest BCUT2D eigenvalue weighted by Gasteiger charge is -2.39. The fourth-order valence-corrected chi connectivity index (χ4v) is 2.19. The smallest absolute Gasteiger partial charge is 0.246 e. The van der Waals surface area contributed by atoms with Crippen molar-refractivity contribution < 1.29 is 9.53 Å². The first-order valence-corrected chi connectivity index (χ1v) is 5.93. The summed E-state index contributed by atoms with van der Waals surface area (Å²) in [5.74, 6) is 0.0248. The van der Waals surface area contributed by atoms with E-state index >= 15 is 0 Å². The number of hydrogen-bond donors (Lipinski definition) is 1. The Morgan fingerprint density at radius 2 is 2.20 bits per heavy atom. The van der Waals surface area contributed by atoms with Gasteiger partial charge in [-0.15, -0.1) is 0 Å². The van der Waals surface area contributed by atoms with Gasteiger partial charge in [0.05, 0.1) is 0 Å². The normalized spacial score (nSPS) is 24.9. The molecular formula is C12H23NO2. The number of amides is 1. The minimum Gasteiger partial charge on any atom is -0.372 e. The van der Waals surface area contributed by atoms with Gasteiger partial charge >= 0.3 is 0 Å². The quantitative estimate of drug-likeness (QED) is 0.776. The average Bonchev–Trinajstić information content (AvgIpc) is 2.18. The van der Waals surface area contributed by atoms with Crippen LogP contribution in [0.5, 0.6) is 0 Å². The fourth-order valence-electron chi connectivity index (χ4n) is 2.19. The van der Waals surface area contributed by atoms with E-state index in [9.17, 15) is 4.79 Å². The summed E-state index contributed by atoms with van der Waals surface area (Å²) in [6, 6.07) is 0.319. The Kier molecular flexibility index (Phi) is 4.58. The summed E-state index contributed by atoms with van der Waals surface area (Å²) in [4.78, 5) is 11.5. The Hall–Kier alpha value is -0.570. The molecule has 0 spiro atoms. The van der Waals surface area contributed by atoms with E-state index < -0.39 is 0 Å². The van der Waals surface area contributed by atoms with Crippen molar-refractivity contribution in [2.45, 2.75) is 52.5 Å². The van der Waals surface area contributed by atoms with Crippen molar-refractivity contribution in [3.8, 4) is 0 Å². The summed E-state index contributed by atoms with van der Waals surface area (Å²) < 4.78 is 5.09. The molecule has 0 radical (unpaired) electrons. The monoisotopic (exact) mass is 213 g/mol. The van der Waals surface area contributed by atoms with Gasteiger partial charge in [-0.2, -0.15) is 0 Å². The van der Waals surface area contributed by atoms with Crippen molar-refractivity contribution in [1.82, 2.24) is 5.32 Å². The van der Waals surface area contributed by atoms with Gasteiger partial charge in [0, 0.05) is 12.6 Å². The molecule has 0 aromatic heterocycles. The average molecular weight is 213 g/mol. The number of ether oxygens (including phenoxy) is 1. The van der Waals surface area contributed by atoms with Crippen LogP contribution in [0, 0.1) is 5.41 Å². The molecule has 1 rings (SSSR count). The molecular weight excluding hydrogens is 190 g/mol. The van der Waals surface area contributed by atoms with Crippen LogP contribution in [-0.2, 0) is 9.53 Å². The second-order valence-corrected chi connectivity index (χ2v) is 4.99. The van der Waals surface area contributed by atoms with Crippen molar-refractivity contribution in [2.24, 2.45) is 5.41 Å². The maximum atomic E-state index is 11.5. The molecule has 0 aliphatic heterocycles. The van der Waals surface area contributed by atoms with Gasteiger partial charge < -0.3 is 10.1 Å². The first-order chi connectivity index (χ1) is 7.06. The van der Waals surface area contributed by atoms with Crippen LogP contribution >= 0.6 is 0 Å². The Labute approximate surface area is 92.6 Å². The van der Waals surface area contributed by atoms with Crippen LogP contribution in [0.2, 0.25) is 0 Å². The zero-order chi connectivity index (χ0) is 11.3. The zero-order valence-corrected chi connectivity index (χ0v) is 10.1. The van der Waals surface area contributed by atoms with Crippen LogP contribution in [0.1, 0.15) is 46.5 Å². The van der Waals surface area contributed by atoms with Crippen LogP contribution in [0.3, 0.4) is 0 Å². The molecule has 1 aliphatic rings. The zero-order valence-electron chi connectivity index (χ0n) is 10.1. The standard InChI is InChI=1S/C12H23NO2/c1-4-15-9-11(14)13-10-7-5-6-8-12(10,2)3/h10H,4-9H2,1-3H3,(H,13,14). The highest BCUT2D eigenvalue weighted by Crippen LogP contribution is 2.35. The van der Waals surface area contributed by atoms with E-state index in [4.69, 9.17) is 4.74 Å². The van der Waals surface area contributed by atoms with E-state index in [1.807, 2.05) is 6.92 Å². The lowest BCUT2D eigenvalue weighted by Crippen LogP contribution is -2.47. The number of carbonyl (C=O) groups is 1. The van der Waals surface area contributed by atoms with Crippen molar-refractivity contribution in [2.75, 3.05) is 13.2 Å². The van der Waals surface area contributed by atoms with Crippen LogP contribution in [0.15, 0.2) is 0 Å². The van der Waals surface area contributed by atoms with Gasteiger partial charge in [-0.1, -0.05) is 26.7 Å². The molecule has 3 nitrogen and oxygen atoms in total. The van der Waals surface area contributed by atoms with Crippen LogP contribution < -0.4 is 5.32 Å². The maximum Gasteiger partial charge on any atom is 0.246 e. The third kappa shape index (κ3) is 3.82. The first kappa shape index (κ1) is 12.5. The Balaban J connectivity index is 2.38. The third-order valence-electron chi connectivity index (χ3n) is 3.28. The van der Waals surface area contributed by atoms with Gasteiger partial charge in [-0.3, -0.25) is 4.79 Å². The Morgan fingerprint density at radius 3 is 2.80 bits per heavy atom. The highest BCUT2D eigenvalue weighted by molar-refractivity contribution is 5.77. The van der Waals surface area contributed by atoms with Crippen molar-refractivity contribution in [3.05, 3.63) is 0 Å². The van der Waals surface area contributed by atoms with Crippen LogP contribution in [-0.4, -0.2) is 25.2 Å². The highest BCUT2D eigenvalue weighted by atomic mass is 16.5. The topological polar surface area (TPSA) is 38.3 Å². The minimum atomic E-state index is 0.0248. The number of rotatable bonds is 4. The van der Waals surface area contributed by atoms with E-state index in [1.165, 1.54) is 19.3 Å². The molecule has 0 heterocycles. The molecule has 88 valence electrons. The van der Waals surface area contributed by atoms with E-state index in [1.54, 1.807) is 0 Å². The summed E-state index contributed by atoms with van der Waals surface area (Å²) >= 11 is 0. The molecule has 1 aliphatic carbocycles. The molecule has 1 saturated carbocycles. The second-order valence-electron chi connectivity index (χ2n) is 4.99. The summed E-state index contributed by atoms with van der Waals surface area (Å²) in [6.07, 6.45) is 4.81. The molecule has 1 N–H and O–H groups in total. The molecule has 1 amide bonds. The number of nitrogens with one attached hydrogen (secondary N) is 1. The molecule has 15 heavy (non-hydrogen) atoms. The van der Waals surface area contributed by atoms with Gasteiger partial charge in [0.1, 0.15) is 6.61 Å². The molecule has 1 fully saturated rings. The maximum absolute atomic E-state index is 11.5. The molecule has 0 bridgehead atoms. The van der Waals surface area contributed by atoms with Crippen molar-refractivity contribution in [1.29, 1.82) is 0 Å². The number of hydrogen-bond acceptors (Lipinski definition) is 2. The Morgan fingerprint density at radius 1 is 1.47 bits per heavy atom. The largest absolute Gasteiger partial charge is 0.372 e. The van der Waals surface area contributed by atoms with Crippen LogP contribution in [0.25, 0.3) is 0 Å². The molecule has 3 heteroatoms. The predicted octanol–water partition coefficient (Wildman–Crippen LogP) is 2.11. The van der Waals surface area contributed by atoms with Crippen molar-refractivity contribution >= 4 is 5.91 Å². The number of carbonyl (C=O) groups excluding carboxylic acids is 1. The van der Waals surface area contributed by atoms with Gasteiger partial charge in [0.2, 0.25) is 5.91 Å². The van der Waals surface area contributed by atoms with Gasteiger partial charge in [0.25, 0.3) is 0 Å². The van der Waals surface area contributed by atoms with E-state index in [2.05, 4.69) is 19.2 Å². The highest BCUT2D eigenvalue weighted by Gasteiger charge is 2.32. The van der Waals surface area contributed by atoms with Gasteiger partial charge in [-0.05, 0) is 25.2 Å².